The lowest BCUT2D eigenvalue weighted by Gasteiger charge is -2.27. The summed E-state index contributed by atoms with van der Waals surface area (Å²) < 4.78 is 16.0. The fraction of sp³-hybridized carbons (Fsp3) is 0.308. The summed E-state index contributed by atoms with van der Waals surface area (Å²) in [4.78, 5) is 25.0. The van der Waals surface area contributed by atoms with Crippen molar-refractivity contribution in [1.82, 2.24) is 16.2 Å². The van der Waals surface area contributed by atoms with Gasteiger partial charge < -0.3 is 19.5 Å². The Morgan fingerprint density at radius 3 is 2.12 bits per heavy atom. The molecule has 2 rings (SSSR count). The molecule has 0 aliphatic carbocycles. The second-order valence-corrected chi connectivity index (χ2v) is 8.30. The summed E-state index contributed by atoms with van der Waals surface area (Å²) >= 11 is 0. The average molecular weight is 468 g/mol. The van der Waals surface area contributed by atoms with E-state index in [0.717, 1.165) is 16.7 Å². The van der Waals surface area contributed by atoms with Crippen LogP contribution in [-0.4, -0.2) is 33.3 Å². The van der Waals surface area contributed by atoms with E-state index in [2.05, 4.69) is 22.7 Å². The highest BCUT2D eigenvalue weighted by molar-refractivity contribution is 5.98. The van der Waals surface area contributed by atoms with Crippen LogP contribution in [0.3, 0.4) is 0 Å². The summed E-state index contributed by atoms with van der Waals surface area (Å²) in [6.45, 7) is 11.3. The van der Waals surface area contributed by atoms with Gasteiger partial charge >= 0.3 is 6.03 Å². The molecule has 34 heavy (non-hydrogen) atoms. The molecule has 8 nitrogen and oxygen atoms in total. The van der Waals surface area contributed by atoms with Gasteiger partial charge in [-0.25, -0.2) is 10.2 Å². The summed E-state index contributed by atoms with van der Waals surface area (Å²) in [5, 5.41) is 2.86. The number of ether oxygens (including phenoxy) is 3. The monoisotopic (exact) mass is 467 g/mol. The first-order chi connectivity index (χ1) is 16.0. The third-order valence-corrected chi connectivity index (χ3v) is 5.26. The Morgan fingerprint density at radius 2 is 1.53 bits per heavy atom. The van der Waals surface area contributed by atoms with E-state index in [4.69, 9.17) is 14.2 Å². The second-order valence-electron chi connectivity index (χ2n) is 8.30. The number of carbonyl (C=O) groups is 2. The molecule has 0 bridgehead atoms. The van der Waals surface area contributed by atoms with Gasteiger partial charge in [0.05, 0.1) is 26.9 Å². The third-order valence-electron chi connectivity index (χ3n) is 5.26. The van der Waals surface area contributed by atoms with E-state index < -0.39 is 17.5 Å². The molecule has 2 aromatic rings. The molecule has 182 valence electrons. The number of rotatable bonds is 8. The number of amides is 3. The molecule has 0 atom stereocenters. The van der Waals surface area contributed by atoms with Crippen LogP contribution in [0.5, 0.6) is 17.2 Å². The largest absolute Gasteiger partial charge is 0.496 e. The van der Waals surface area contributed by atoms with Gasteiger partial charge in [-0.2, -0.15) is 0 Å². The Morgan fingerprint density at radius 1 is 0.912 bits per heavy atom. The summed E-state index contributed by atoms with van der Waals surface area (Å²) in [6, 6.07) is 10.6. The van der Waals surface area contributed by atoms with Crippen LogP contribution in [0.4, 0.5) is 4.79 Å². The lowest BCUT2D eigenvalue weighted by atomic mass is 9.92. The van der Waals surface area contributed by atoms with Gasteiger partial charge in [0.1, 0.15) is 5.75 Å². The zero-order valence-electron chi connectivity index (χ0n) is 20.8. The minimum absolute atomic E-state index is 0.347. The van der Waals surface area contributed by atoms with Gasteiger partial charge in [-0.15, -0.1) is 0 Å². The van der Waals surface area contributed by atoms with Crippen molar-refractivity contribution in [3.8, 4) is 17.2 Å². The maximum absolute atomic E-state index is 12.6. The third kappa shape index (κ3) is 6.54. The number of allylic oxidation sites excluding steroid dienone is 1. The molecule has 0 aliphatic rings. The molecular weight excluding hydrogens is 434 g/mol. The normalized spacial score (nSPS) is 11.3. The van der Waals surface area contributed by atoms with Crippen LogP contribution in [0.25, 0.3) is 11.6 Å². The van der Waals surface area contributed by atoms with E-state index in [1.807, 2.05) is 45.0 Å². The van der Waals surface area contributed by atoms with E-state index >= 15 is 0 Å². The van der Waals surface area contributed by atoms with Crippen molar-refractivity contribution in [2.75, 3.05) is 21.3 Å². The Kier molecular flexibility index (Phi) is 8.72. The molecule has 0 unspecified atom stereocenters. The molecule has 3 amide bonds. The smallest absolute Gasteiger partial charge is 0.334 e. The highest BCUT2D eigenvalue weighted by Gasteiger charge is 2.23. The molecule has 0 aliphatic heterocycles. The van der Waals surface area contributed by atoms with Crippen molar-refractivity contribution in [1.29, 1.82) is 0 Å². The summed E-state index contributed by atoms with van der Waals surface area (Å²) in [7, 11) is 4.57. The maximum Gasteiger partial charge on any atom is 0.334 e. The van der Waals surface area contributed by atoms with Gasteiger partial charge in [0.2, 0.25) is 0 Å². The minimum atomic E-state index is -0.682. The van der Waals surface area contributed by atoms with Crippen LogP contribution in [0, 0.1) is 0 Å². The van der Waals surface area contributed by atoms with Gasteiger partial charge in [0, 0.05) is 17.2 Å². The van der Waals surface area contributed by atoms with Crippen molar-refractivity contribution < 1.29 is 23.8 Å². The van der Waals surface area contributed by atoms with Crippen LogP contribution in [0.15, 0.2) is 48.6 Å². The number of nitrogens with one attached hydrogen (secondary N) is 3. The van der Waals surface area contributed by atoms with Gasteiger partial charge in [-0.3, -0.25) is 10.2 Å². The van der Waals surface area contributed by atoms with E-state index in [1.54, 1.807) is 25.1 Å². The van der Waals surface area contributed by atoms with Crippen molar-refractivity contribution in [3.63, 3.8) is 0 Å². The fourth-order valence-corrected chi connectivity index (χ4v) is 3.24. The summed E-state index contributed by atoms with van der Waals surface area (Å²) in [5.41, 5.74) is 7.93. The number of methoxy groups -OCH3 is 3. The van der Waals surface area contributed by atoms with E-state index in [0.29, 0.717) is 28.4 Å². The molecule has 0 aromatic heterocycles. The molecule has 0 radical (unpaired) electrons. The Bertz CT molecular complexity index is 1110. The molecule has 0 fully saturated rings. The SMILES string of the molecule is C=C(C)c1cccc(C(C)(C)NC(=O)NNC(=O)C(C)=Cc2cc(OC)c(OC)cc2OC)c1. The fourth-order valence-electron chi connectivity index (χ4n) is 3.24. The topological polar surface area (TPSA) is 97.9 Å². The van der Waals surface area contributed by atoms with Crippen molar-refractivity contribution in [3.05, 3.63) is 65.2 Å². The summed E-state index contributed by atoms with van der Waals surface area (Å²) in [5.74, 6) is 1.04. The number of carbonyl (C=O) groups excluding carboxylic acids is 2. The molecule has 0 heterocycles. The number of hydrogen-bond acceptors (Lipinski definition) is 5. The van der Waals surface area contributed by atoms with Gasteiger partial charge in [-0.1, -0.05) is 30.4 Å². The lowest BCUT2D eigenvalue weighted by molar-refractivity contribution is -0.118. The molecule has 0 saturated carbocycles. The molecule has 3 N–H and O–H groups in total. The summed E-state index contributed by atoms with van der Waals surface area (Å²) in [6.07, 6.45) is 1.63. The lowest BCUT2D eigenvalue weighted by Crippen LogP contribution is -2.52. The van der Waals surface area contributed by atoms with E-state index in [-0.39, 0.29) is 0 Å². The first-order valence-corrected chi connectivity index (χ1v) is 10.7. The van der Waals surface area contributed by atoms with E-state index in [1.165, 1.54) is 21.3 Å². The van der Waals surface area contributed by atoms with Crippen LogP contribution in [0.2, 0.25) is 0 Å². The molecule has 8 heteroatoms. The maximum atomic E-state index is 12.6. The number of hydrazine groups is 1. The zero-order chi connectivity index (χ0) is 25.5. The predicted molar refractivity (Wildman–Crippen MR) is 134 cm³/mol. The van der Waals surface area contributed by atoms with Crippen LogP contribution in [0.1, 0.15) is 44.4 Å². The number of urea groups is 1. The first kappa shape index (κ1) is 26.3. The Hall–Kier alpha value is -3.94. The van der Waals surface area contributed by atoms with Gasteiger partial charge in [-0.05, 0) is 57.0 Å². The van der Waals surface area contributed by atoms with Crippen molar-refractivity contribution >= 4 is 23.6 Å². The van der Waals surface area contributed by atoms with Gasteiger partial charge in [0.15, 0.2) is 11.5 Å². The van der Waals surface area contributed by atoms with Crippen LogP contribution >= 0.6 is 0 Å². The highest BCUT2D eigenvalue weighted by Crippen LogP contribution is 2.35. The molecular formula is C26H33N3O5. The van der Waals surface area contributed by atoms with Crippen molar-refractivity contribution in [2.45, 2.75) is 33.2 Å². The van der Waals surface area contributed by atoms with E-state index in [9.17, 15) is 9.59 Å². The molecule has 0 saturated heterocycles. The number of hydrogen-bond donors (Lipinski definition) is 3. The average Bonchev–Trinajstić information content (AvgIpc) is 2.81. The Balaban J connectivity index is 2.08. The standard InChI is InChI=1S/C26H33N3O5/c1-16(2)18-10-9-11-20(13-18)26(4,5)27-25(31)29-28-24(30)17(3)12-19-14-22(33-7)23(34-8)15-21(19)32-6/h9-15H,1H2,2-8H3,(H,28,30)(H2,27,29,31). The predicted octanol–water partition coefficient (Wildman–Crippen LogP) is 4.41. The van der Waals surface area contributed by atoms with Crippen LogP contribution < -0.4 is 30.4 Å². The van der Waals surface area contributed by atoms with Gasteiger partial charge in [0.25, 0.3) is 5.91 Å². The number of benzene rings is 2. The molecule has 2 aromatic carbocycles. The van der Waals surface area contributed by atoms with Crippen molar-refractivity contribution in [2.24, 2.45) is 0 Å². The Labute approximate surface area is 201 Å². The highest BCUT2D eigenvalue weighted by atomic mass is 16.5. The minimum Gasteiger partial charge on any atom is -0.496 e. The quantitative estimate of drug-likeness (QED) is 0.395. The van der Waals surface area contributed by atoms with Crippen LogP contribution in [-0.2, 0) is 10.3 Å². The first-order valence-electron chi connectivity index (χ1n) is 10.7. The second kappa shape index (κ2) is 11.3. The zero-order valence-corrected chi connectivity index (χ0v) is 20.8. The molecule has 0 spiro atoms.